The van der Waals surface area contributed by atoms with E-state index >= 15 is 0 Å². The summed E-state index contributed by atoms with van der Waals surface area (Å²) in [5.41, 5.74) is 0.217. The Morgan fingerprint density at radius 3 is 2.14 bits per heavy atom. The molecule has 0 saturated carbocycles. The first-order valence-electron chi connectivity index (χ1n) is 8.54. The smallest absolute Gasteiger partial charge is 0.416 e. The van der Waals surface area contributed by atoms with Crippen molar-refractivity contribution in [3.63, 3.8) is 0 Å². The minimum atomic E-state index is -4.45. The molecule has 0 aliphatic heterocycles. The Morgan fingerprint density at radius 2 is 1.64 bits per heavy atom. The molecule has 2 aromatic rings. The van der Waals surface area contributed by atoms with Crippen molar-refractivity contribution in [1.29, 1.82) is 0 Å². The second kappa shape index (κ2) is 9.25. The number of ether oxygens (including phenoxy) is 1. The lowest BCUT2D eigenvalue weighted by atomic mass is 10.1. The van der Waals surface area contributed by atoms with Crippen LogP contribution >= 0.6 is 0 Å². The van der Waals surface area contributed by atoms with E-state index in [1.807, 2.05) is 12.1 Å². The summed E-state index contributed by atoms with van der Waals surface area (Å²) < 4.78 is 42.8. The summed E-state index contributed by atoms with van der Waals surface area (Å²) in [5.74, 6) is 0.0585. The van der Waals surface area contributed by atoms with Crippen molar-refractivity contribution in [2.24, 2.45) is 0 Å². The van der Waals surface area contributed by atoms with Crippen LogP contribution < -0.4 is 10.1 Å². The van der Waals surface area contributed by atoms with Gasteiger partial charge in [-0.15, -0.1) is 0 Å². The van der Waals surface area contributed by atoms with Crippen LogP contribution in [0.15, 0.2) is 48.5 Å². The minimum absolute atomic E-state index is 0.123. The molecule has 2 rings (SSSR count). The van der Waals surface area contributed by atoms with Crippen molar-refractivity contribution in [1.82, 2.24) is 10.2 Å². The number of alkyl halides is 3. The molecule has 0 unspecified atom stereocenters. The molecule has 0 aliphatic carbocycles. The van der Waals surface area contributed by atoms with E-state index in [1.54, 1.807) is 24.1 Å². The monoisotopic (exact) mass is 394 g/mol. The minimum Gasteiger partial charge on any atom is -0.497 e. The van der Waals surface area contributed by atoms with Crippen molar-refractivity contribution in [3.8, 4) is 5.75 Å². The van der Waals surface area contributed by atoms with E-state index in [4.69, 9.17) is 4.74 Å². The van der Waals surface area contributed by atoms with Gasteiger partial charge in [0.05, 0.1) is 12.7 Å². The number of methoxy groups -OCH3 is 1. The lowest BCUT2D eigenvalue weighted by Crippen LogP contribution is -2.37. The summed E-state index contributed by atoms with van der Waals surface area (Å²) in [7, 11) is 1.57. The van der Waals surface area contributed by atoms with Crippen molar-refractivity contribution in [2.75, 3.05) is 20.2 Å². The van der Waals surface area contributed by atoms with Crippen LogP contribution in [0.1, 0.15) is 28.4 Å². The Labute approximate surface area is 161 Å². The first kappa shape index (κ1) is 21.3. The van der Waals surface area contributed by atoms with Crippen LogP contribution in [0, 0.1) is 0 Å². The van der Waals surface area contributed by atoms with Gasteiger partial charge in [-0.2, -0.15) is 13.2 Å². The lowest BCUT2D eigenvalue weighted by molar-refractivity contribution is -0.137. The van der Waals surface area contributed by atoms with E-state index in [1.165, 1.54) is 6.92 Å². The number of hydrogen-bond acceptors (Lipinski definition) is 3. The van der Waals surface area contributed by atoms with Crippen LogP contribution in [0.5, 0.6) is 5.75 Å². The predicted octanol–water partition coefficient (Wildman–Crippen LogP) is 3.49. The fourth-order valence-corrected chi connectivity index (χ4v) is 2.52. The number of carbonyl (C=O) groups excluding carboxylic acids is 2. The van der Waals surface area contributed by atoms with Gasteiger partial charge in [-0.3, -0.25) is 9.59 Å². The third kappa shape index (κ3) is 6.00. The number of hydrogen-bond donors (Lipinski definition) is 1. The Balaban J connectivity index is 1.89. The van der Waals surface area contributed by atoms with E-state index < -0.39 is 17.6 Å². The van der Waals surface area contributed by atoms with Crippen LogP contribution in [0.25, 0.3) is 0 Å². The van der Waals surface area contributed by atoms with Crippen LogP contribution in [0.4, 0.5) is 13.2 Å². The van der Waals surface area contributed by atoms with E-state index in [9.17, 15) is 22.8 Å². The molecule has 5 nitrogen and oxygen atoms in total. The second-order valence-electron chi connectivity index (χ2n) is 6.12. The Kier molecular flexibility index (Phi) is 7.03. The average molecular weight is 394 g/mol. The van der Waals surface area contributed by atoms with Gasteiger partial charge in [0.15, 0.2) is 0 Å². The number of carbonyl (C=O) groups is 2. The summed E-state index contributed by atoms with van der Waals surface area (Å²) >= 11 is 0. The molecule has 0 aliphatic rings. The van der Waals surface area contributed by atoms with Gasteiger partial charge < -0.3 is 15.0 Å². The molecule has 0 radical (unpaired) electrons. The fourth-order valence-electron chi connectivity index (χ4n) is 2.52. The first-order valence-corrected chi connectivity index (χ1v) is 8.54. The van der Waals surface area contributed by atoms with Gasteiger partial charge in [-0.1, -0.05) is 12.1 Å². The van der Waals surface area contributed by atoms with Gasteiger partial charge in [0.2, 0.25) is 5.91 Å². The highest BCUT2D eigenvalue weighted by atomic mass is 19.4. The quantitative estimate of drug-likeness (QED) is 0.782. The van der Waals surface area contributed by atoms with Gasteiger partial charge in [-0.25, -0.2) is 0 Å². The Bertz CT molecular complexity index is 803. The number of halogens is 3. The molecule has 1 N–H and O–H groups in total. The molecule has 0 aromatic heterocycles. The molecular weight excluding hydrogens is 373 g/mol. The Hall–Kier alpha value is -3.03. The second-order valence-corrected chi connectivity index (χ2v) is 6.12. The third-order valence-electron chi connectivity index (χ3n) is 4.12. The maximum absolute atomic E-state index is 12.6. The van der Waals surface area contributed by atoms with E-state index in [-0.39, 0.29) is 24.6 Å². The van der Waals surface area contributed by atoms with Crippen molar-refractivity contribution >= 4 is 11.8 Å². The van der Waals surface area contributed by atoms with E-state index in [0.717, 1.165) is 29.8 Å². The van der Waals surface area contributed by atoms with Gasteiger partial charge >= 0.3 is 6.18 Å². The zero-order valence-electron chi connectivity index (χ0n) is 15.5. The number of nitrogens with zero attached hydrogens (tertiary/aromatic N) is 1. The summed E-state index contributed by atoms with van der Waals surface area (Å²) in [4.78, 5) is 25.5. The van der Waals surface area contributed by atoms with E-state index in [2.05, 4.69) is 5.32 Å². The van der Waals surface area contributed by atoms with Crippen LogP contribution in [-0.4, -0.2) is 36.9 Å². The lowest BCUT2D eigenvalue weighted by Gasteiger charge is -2.21. The maximum atomic E-state index is 12.6. The summed E-state index contributed by atoms with van der Waals surface area (Å²) in [5, 5.41) is 2.61. The van der Waals surface area contributed by atoms with Gasteiger partial charge in [0.25, 0.3) is 5.91 Å². The zero-order chi connectivity index (χ0) is 20.7. The molecule has 0 atom stereocenters. The highest BCUT2D eigenvalue weighted by Crippen LogP contribution is 2.29. The fraction of sp³-hybridized carbons (Fsp3) is 0.300. The molecular formula is C20H21F3N2O3. The summed E-state index contributed by atoms with van der Waals surface area (Å²) in [6.45, 7) is 2.25. The summed E-state index contributed by atoms with van der Waals surface area (Å²) in [6.07, 6.45) is -4.45. The molecule has 0 fully saturated rings. The van der Waals surface area contributed by atoms with Crippen molar-refractivity contribution in [3.05, 3.63) is 65.2 Å². The molecule has 2 aromatic carbocycles. The molecule has 0 heterocycles. The predicted molar refractivity (Wildman–Crippen MR) is 97.9 cm³/mol. The Morgan fingerprint density at radius 1 is 1.04 bits per heavy atom. The zero-order valence-corrected chi connectivity index (χ0v) is 15.5. The molecule has 8 heteroatoms. The normalized spacial score (nSPS) is 11.0. The summed E-state index contributed by atoms with van der Waals surface area (Å²) in [6, 6.07) is 11.2. The average Bonchev–Trinajstić information content (AvgIpc) is 2.67. The largest absolute Gasteiger partial charge is 0.497 e. The van der Waals surface area contributed by atoms with Gasteiger partial charge in [0.1, 0.15) is 5.75 Å². The van der Waals surface area contributed by atoms with Gasteiger partial charge in [0, 0.05) is 32.1 Å². The third-order valence-corrected chi connectivity index (χ3v) is 4.12. The molecule has 0 saturated heterocycles. The van der Waals surface area contributed by atoms with Crippen molar-refractivity contribution in [2.45, 2.75) is 19.6 Å². The van der Waals surface area contributed by atoms with Gasteiger partial charge in [-0.05, 0) is 42.0 Å². The van der Waals surface area contributed by atoms with E-state index in [0.29, 0.717) is 12.3 Å². The maximum Gasteiger partial charge on any atom is 0.416 e. The highest BCUT2D eigenvalue weighted by molar-refractivity contribution is 5.94. The van der Waals surface area contributed by atoms with Crippen molar-refractivity contribution < 1.29 is 27.5 Å². The molecule has 0 bridgehead atoms. The highest BCUT2D eigenvalue weighted by Gasteiger charge is 2.30. The molecule has 150 valence electrons. The number of amides is 2. The SMILES string of the molecule is COc1ccc(CN(CCNC(=O)c2ccc(C(F)(F)F)cc2)C(C)=O)cc1. The standard InChI is InChI=1S/C20H21F3N2O3/c1-14(26)25(13-15-3-9-18(28-2)10-4-15)12-11-24-19(27)16-5-7-17(8-6-16)20(21,22)23/h3-10H,11-13H2,1-2H3,(H,24,27). The molecule has 0 spiro atoms. The molecule has 2 amide bonds. The number of nitrogens with one attached hydrogen (secondary N) is 1. The number of benzene rings is 2. The van der Waals surface area contributed by atoms with Crippen LogP contribution in [-0.2, 0) is 17.5 Å². The first-order chi connectivity index (χ1) is 13.2. The number of rotatable bonds is 7. The van der Waals surface area contributed by atoms with Crippen LogP contribution in [0.2, 0.25) is 0 Å². The van der Waals surface area contributed by atoms with Crippen LogP contribution in [0.3, 0.4) is 0 Å². The topological polar surface area (TPSA) is 58.6 Å². The molecule has 28 heavy (non-hydrogen) atoms.